The molecule has 4 nitrogen and oxygen atoms in total. The number of nitrogens with one attached hydrogen (secondary N) is 1. The molecule has 0 spiro atoms. The Morgan fingerprint density at radius 3 is 2.43 bits per heavy atom. The lowest BCUT2D eigenvalue weighted by molar-refractivity contribution is -0.137. The van der Waals surface area contributed by atoms with Gasteiger partial charge in [-0.15, -0.1) is 0 Å². The average molecular weight is 417 g/mol. The van der Waals surface area contributed by atoms with Gasteiger partial charge in [0.2, 0.25) is 0 Å². The second kappa shape index (κ2) is 8.68. The fourth-order valence-corrected chi connectivity index (χ4v) is 4.57. The first-order chi connectivity index (χ1) is 14.4. The number of alkyl halides is 3. The van der Waals surface area contributed by atoms with E-state index in [9.17, 15) is 18.0 Å². The number of rotatable bonds is 4. The van der Waals surface area contributed by atoms with Gasteiger partial charge < -0.3 is 15.1 Å². The predicted octanol–water partition coefficient (Wildman–Crippen LogP) is 5.05. The van der Waals surface area contributed by atoms with Crippen molar-refractivity contribution in [3.8, 4) is 0 Å². The van der Waals surface area contributed by atoms with Crippen LogP contribution in [0.15, 0.2) is 54.6 Å². The van der Waals surface area contributed by atoms with Crippen molar-refractivity contribution in [2.75, 3.05) is 38.0 Å². The van der Waals surface area contributed by atoms with Gasteiger partial charge in [0.25, 0.3) is 0 Å². The van der Waals surface area contributed by atoms with Gasteiger partial charge in [-0.3, -0.25) is 0 Å². The van der Waals surface area contributed by atoms with E-state index in [-0.39, 0.29) is 17.9 Å². The van der Waals surface area contributed by atoms with Gasteiger partial charge in [0.1, 0.15) is 0 Å². The van der Waals surface area contributed by atoms with Crippen molar-refractivity contribution in [2.45, 2.75) is 24.9 Å². The lowest BCUT2D eigenvalue weighted by Crippen LogP contribution is -2.34. The number of carbonyl (C=O) groups excluding carboxylic acids is 1. The minimum atomic E-state index is -4.37. The van der Waals surface area contributed by atoms with Crippen LogP contribution in [0.1, 0.15) is 29.9 Å². The van der Waals surface area contributed by atoms with E-state index >= 15 is 0 Å². The Bertz CT molecular complexity index is 865. The summed E-state index contributed by atoms with van der Waals surface area (Å²) in [4.78, 5) is 16.9. The number of para-hydroxylation sites is 1. The van der Waals surface area contributed by atoms with Crippen molar-refractivity contribution < 1.29 is 18.0 Å². The van der Waals surface area contributed by atoms with Crippen LogP contribution >= 0.6 is 0 Å². The second-order valence-corrected chi connectivity index (χ2v) is 8.20. The van der Waals surface area contributed by atoms with Crippen molar-refractivity contribution in [1.82, 2.24) is 9.80 Å². The van der Waals surface area contributed by atoms with Crippen LogP contribution < -0.4 is 5.32 Å². The molecule has 2 aliphatic rings. The lowest BCUT2D eigenvalue weighted by atomic mass is 9.87. The van der Waals surface area contributed by atoms with Gasteiger partial charge in [0.05, 0.1) is 5.56 Å². The lowest BCUT2D eigenvalue weighted by Gasteiger charge is -2.24. The number of halogens is 3. The fourth-order valence-electron chi connectivity index (χ4n) is 4.57. The molecular weight excluding hydrogens is 391 g/mol. The van der Waals surface area contributed by atoms with E-state index in [2.05, 4.69) is 10.2 Å². The second-order valence-electron chi connectivity index (χ2n) is 8.20. The number of likely N-dealkylation sites (tertiary alicyclic amines) is 2. The topological polar surface area (TPSA) is 35.6 Å². The van der Waals surface area contributed by atoms with E-state index in [0.717, 1.165) is 38.5 Å². The zero-order valence-corrected chi connectivity index (χ0v) is 16.7. The van der Waals surface area contributed by atoms with Crippen molar-refractivity contribution >= 4 is 11.7 Å². The number of urea groups is 1. The first-order valence-electron chi connectivity index (χ1n) is 10.4. The molecule has 2 amide bonds. The molecule has 2 atom stereocenters. The van der Waals surface area contributed by atoms with Gasteiger partial charge in [-0.25, -0.2) is 4.79 Å². The highest BCUT2D eigenvalue weighted by Gasteiger charge is 2.39. The van der Waals surface area contributed by atoms with Gasteiger partial charge in [-0.05, 0) is 55.6 Å². The summed E-state index contributed by atoms with van der Waals surface area (Å²) in [6.07, 6.45) is -2.07. The van der Waals surface area contributed by atoms with Gasteiger partial charge >= 0.3 is 12.2 Å². The summed E-state index contributed by atoms with van der Waals surface area (Å²) in [6, 6.07) is 14.6. The van der Waals surface area contributed by atoms with Crippen molar-refractivity contribution in [1.29, 1.82) is 0 Å². The third-order valence-electron chi connectivity index (χ3n) is 6.09. The van der Waals surface area contributed by atoms with Crippen LogP contribution in [-0.2, 0) is 6.18 Å². The molecule has 2 aromatic rings. The summed E-state index contributed by atoms with van der Waals surface area (Å²) in [5.74, 6) is -0.0115. The van der Waals surface area contributed by atoms with E-state index in [1.165, 1.54) is 12.1 Å². The Hall–Kier alpha value is -2.54. The molecule has 7 heteroatoms. The summed E-state index contributed by atoms with van der Waals surface area (Å²) < 4.78 is 39.7. The molecule has 30 heavy (non-hydrogen) atoms. The Balaban J connectivity index is 1.54. The first kappa shape index (κ1) is 20.7. The summed E-state index contributed by atoms with van der Waals surface area (Å²) in [5.41, 5.74) is 0.734. The maximum atomic E-state index is 13.2. The monoisotopic (exact) mass is 417 g/mol. The van der Waals surface area contributed by atoms with Crippen molar-refractivity contribution in [3.05, 3.63) is 65.7 Å². The standard InChI is InChI=1S/C23H26F3N3O/c24-23(25,26)19-8-6-7-17(13-19)21-16-29(15-18(21)14-28-11-4-5-12-28)22(30)27-20-9-2-1-3-10-20/h1-3,6-10,13,18,21H,4-5,11-12,14-16H2,(H,27,30). The summed E-state index contributed by atoms with van der Waals surface area (Å²) in [5, 5.41) is 2.90. The van der Waals surface area contributed by atoms with Gasteiger partial charge in [-0.2, -0.15) is 13.2 Å². The van der Waals surface area contributed by atoms with Crippen LogP contribution in [0.25, 0.3) is 0 Å². The highest BCUT2D eigenvalue weighted by molar-refractivity contribution is 5.89. The van der Waals surface area contributed by atoms with Crippen LogP contribution in [0.3, 0.4) is 0 Å². The number of amides is 2. The number of carbonyl (C=O) groups is 1. The average Bonchev–Trinajstić information content (AvgIpc) is 3.39. The van der Waals surface area contributed by atoms with Gasteiger partial charge in [0, 0.05) is 31.2 Å². The first-order valence-corrected chi connectivity index (χ1v) is 10.4. The largest absolute Gasteiger partial charge is 0.416 e. The molecule has 2 saturated heterocycles. The zero-order chi connectivity index (χ0) is 21.1. The van der Waals surface area contributed by atoms with Gasteiger partial charge in [-0.1, -0.05) is 36.4 Å². The fraction of sp³-hybridized carbons (Fsp3) is 0.435. The SMILES string of the molecule is O=C(Nc1ccccc1)N1CC(CN2CCCC2)C(c2cccc(C(F)(F)F)c2)C1. The molecule has 2 aromatic carbocycles. The molecule has 2 fully saturated rings. The molecule has 0 aliphatic carbocycles. The Morgan fingerprint density at radius 1 is 1.00 bits per heavy atom. The Kier molecular flexibility index (Phi) is 5.99. The number of nitrogens with zero attached hydrogens (tertiary/aromatic N) is 2. The molecule has 0 aromatic heterocycles. The van der Waals surface area contributed by atoms with Crippen LogP contribution in [0.2, 0.25) is 0 Å². The minimum Gasteiger partial charge on any atom is -0.324 e. The molecule has 0 radical (unpaired) electrons. The van der Waals surface area contributed by atoms with E-state index in [0.29, 0.717) is 24.3 Å². The highest BCUT2D eigenvalue weighted by Crippen LogP contribution is 2.37. The molecule has 0 bridgehead atoms. The summed E-state index contributed by atoms with van der Waals surface area (Å²) in [6.45, 7) is 3.79. The number of hydrogen-bond donors (Lipinski definition) is 1. The highest BCUT2D eigenvalue weighted by atomic mass is 19.4. The van der Waals surface area contributed by atoms with E-state index in [1.807, 2.05) is 30.3 Å². The van der Waals surface area contributed by atoms with Crippen LogP contribution in [0.5, 0.6) is 0 Å². The predicted molar refractivity (Wildman–Crippen MR) is 110 cm³/mol. The molecule has 1 N–H and O–H groups in total. The van der Waals surface area contributed by atoms with Crippen LogP contribution in [-0.4, -0.2) is 48.6 Å². The third-order valence-corrected chi connectivity index (χ3v) is 6.09. The summed E-state index contributed by atoms with van der Waals surface area (Å²) >= 11 is 0. The van der Waals surface area contributed by atoms with E-state index < -0.39 is 11.7 Å². The quantitative estimate of drug-likeness (QED) is 0.756. The van der Waals surface area contributed by atoms with E-state index in [1.54, 1.807) is 11.0 Å². The summed E-state index contributed by atoms with van der Waals surface area (Å²) in [7, 11) is 0. The van der Waals surface area contributed by atoms with E-state index in [4.69, 9.17) is 0 Å². The van der Waals surface area contributed by atoms with Gasteiger partial charge in [0.15, 0.2) is 0 Å². The number of hydrogen-bond acceptors (Lipinski definition) is 2. The molecule has 160 valence electrons. The molecule has 0 saturated carbocycles. The molecule has 2 aliphatic heterocycles. The van der Waals surface area contributed by atoms with Crippen LogP contribution in [0.4, 0.5) is 23.7 Å². The zero-order valence-electron chi connectivity index (χ0n) is 16.7. The minimum absolute atomic E-state index is 0.105. The molecular formula is C23H26F3N3O. The van der Waals surface area contributed by atoms with Crippen molar-refractivity contribution in [2.24, 2.45) is 5.92 Å². The maximum Gasteiger partial charge on any atom is 0.416 e. The Labute approximate surface area is 174 Å². The molecule has 2 unspecified atom stereocenters. The normalized spacial score (nSPS) is 22.4. The number of benzene rings is 2. The molecule has 2 heterocycles. The molecule has 4 rings (SSSR count). The Morgan fingerprint density at radius 2 is 1.73 bits per heavy atom. The number of anilines is 1. The maximum absolute atomic E-state index is 13.2. The van der Waals surface area contributed by atoms with Crippen molar-refractivity contribution in [3.63, 3.8) is 0 Å². The third kappa shape index (κ3) is 4.78. The van der Waals surface area contributed by atoms with Crippen LogP contribution in [0, 0.1) is 5.92 Å². The smallest absolute Gasteiger partial charge is 0.324 e.